The van der Waals surface area contributed by atoms with Crippen molar-refractivity contribution in [3.05, 3.63) is 83.8 Å². The first kappa shape index (κ1) is 19.3. The predicted molar refractivity (Wildman–Crippen MR) is 100.0 cm³/mol. The van der Waals surface area contributed by atoms with Crippen molar-refractivity contribution in [2.75, 3.05) is 17.3 Å². The van der Waals surface area contributed by atoms with Gasteiger partial charge in [0.25, 0.3) is 5.91 Å². The van der Waals surface area contributed by atoms with Crippen LogP contribution in [0.3, 0.4) is 0 Å². The van der Waals surface area contributed by atoms with E-state index in [1.807, 2.05) is 42.3 Å². The zero-order chi connectivity index (χ0) is 20.1. The van der Waals surface area contributed by atoms with Crippen LogP contribution >= 0.6 is 0 Å². The van der Waals surface area contributed by atoms with Crippen LogP contribution in [0, 0.1) is 0 Å². The SMILES string of the molecule is CN(Cc1ccccc1)c1cnc(C(=O)Nc2ccccc2C(F)(F)F)cn1. The number of benzene rings is 2. The number of nitrogens with one attached hydrogen (secondary N) is 1. The fourth-order valence-corrected chi connectivity index (χ4v) is 2.60. The molecule has 3 rings (SSSR count). The minimum absolute atomic E-state index is 0.0751. The van der Waals surface area contributed by atoms with E-state index in [-0.39, 0.29) is 11.4 Å². The summed E-state index contributed by atoms with van der Waals surface area (Å²) >= 11 is 0. The fourth-order valence-electron chi connectivity index (χ4n) is 2.60. The molecule has 1 amide bonds. The van der Waals surface area contributed by atoms with Crippen LogP contribution in [0.15, 0.2) is 67.0 Å². The molecule has 0 bridgehead atoms. The highest BCUT2D eigenvalue weighted by molar-refractivity contribution is 6.03. The molecule has 8 heteroatoms. The molecule has 0 unspecified atom stereocenters. The quantitative estimate of drug-likeness (QED) is 0.707. The summed E-state index contributed by atoms with van der Waals surface area (Å²) in [5.74, 6) is -0.224. The molecule has 1 aromatic heterocycles. The third-order valence-electron chi connectivity index (χ3n) is 4.01. The Morgan fingerprint density at radius 2 is 1.68 bits per heavy atom. The number of anilines is 2. The highest BCUT2D eigenvalue weighted by Crippen LogP contribution is 2.34. The molecule has 0 aliphatic rings. The molecule has 144 valence electrons. The van der Waals surface area contributed by atoms with Crippen LogP contribution in [0.25, 0.3) is 0 Å². The Balaban J connectivity index is 1.71. The van der Waals surface area contributed by atoms with E-state index in [1.54, 1.807) is 0 Å². The van der Waals surface area contributed by atoms with Crippen molar-refractivity contribution in [3.8, 4) is 0 Å². The van der Waals surface area contributed by atoms with E-state index >= 15 is 0 Å². The minimum Gasteiger partial charge on any atom is -0.354 e. The number of para-hydroxylation sites is 1. The summed E-state index contributed by atoms with van der Waals surface area (Å²) in [5, 5.41) is 2.25. The third-order valence-corrected chi connectivity index (χ3v) is 4.01. The second-order valence-corrected chi connectivity index (χ2v) is 6.10. The largest absolute Gasteiger partial charge is 0.418 e. The van der Waals surface area contributed by atoms with Crippen LogP contribution in [0.2, 0.25) is 0 Å². The van der Waals surface area contributed by atoms with Gasteiger partial charge in [-0.15, -0.1) is 0 Å². The lowest BCUT2D eigenvalue weighted by molar-refractivity contribution is -0.136. The topological polar surface area (TPSA) is 58.1 Å². The molecule has 3 aromatic rings. The van der Waals surface area contributed by atoms with E-state index in [4.69, 9.17) is 0 Å². The summed E-state index contributed by atoms with van der Waals surface area (Å²) in [7, 11) is 1.83. The second-order valence-electron chi connectivity index (χ2n) is 6.10. The highest BCUT2D eigenvalue weighted by Gasteiger charge is 2.33. The Morgan fingerprint density at radius 1 is 1.00 bits per heavy atom. The first-order chi connectivity index (χ1) is 13.3. The molecule has 0 aliphatic carbocycles. The lowest BCUT2D eigenvalue weighted by Gasteiger charge is -2.18. The number of rotatable bonds is 5. The van der Waals surface area contributed by atoms with E-state index in [1.165, 1.54) is 30.6 Å². The van der Waals surface area contributed by atoms with Gasteiger partial charge in [0.2, 0.25) is 0 Å². The minimum atomic E-state index is -4.57. The number of amides is 1. The first-order valence-electron chi connectivity index (χ1n) is 8.39. The van der Waals surface area contributed by atoms with Crippen molar-refractivity contribution < 1.29 is 18.0 Å². The second kappa shape index (κ2) is 8.08. The van der Waals surface area contributed by atoms with Crippen LogP contribution in [-0.4, -0.2) is 22.9 Å². The number of halogens is 3. The first-order valence-corrected chi connectivity index (χ1v) is 8.39. The summed E-state index contributed by atoms with van der Waals surface area (Å²) in [4.78, 5) is 22.3. The Morgan fingerprint density at radius 3 is 2.32 bits per heavy atom. The van der Waals surface area contributed by atoms with Crippen molar-refractivity contribution in [3.63, 3.8) is 0 Å². The van der Waals surface area contributed by atoms with Gasteiger partial charge >= 0.3 is 6.18 Å². The molecule has 0 saturated heterocycles. The highest BCUT2D eigenvalue weighted by atomic mass is 19.4. The van der Waals surface area contributed by atoms with Gasteiger partial charge in [0.05, 0.1) is 23.6 Å². The van der Waals surface area contributed by atoms with Gasteiger partial charge in [-0.2, -0.15) is 13.2 Å². The average Bonchev–Trinajstić information content (AvgIpc) is 2.68. The van der Waals surface area contributed by atoms with Crippen LogP contribution in [0.1, 0.15) is 21.6 Å². The van der Waals surface area contributed by atoms with Crippen molar-refractivity contribution in [2.24, 2.45) is 0 Å². The number of alkyl halides is 3. The standard InChI is InChI=1S/C20H17F3N4O/c1-27(13-14-7-3-2-4-8-14)18-12-24-17(11-25-18)19(28)26-16-10-6-5-9-15(16)20(21,22)23/h2-12H,13H2,1H3,(H,26,28). The number of aromatic nitrogens is 2. The van der Waals surface area contributed by atoms with E-state index in [2.05, 4.69) is 15.3 Å². The van der Waals surface area contributed by atoms with Crippen molar-refractivity contribution >= 4 is 17.4 Å². The van der Waals surface area contributed by atoms with Gasteiger partial charge in [-0.05, 0) is 17.7 Å². The van der Waals surface area contributed by atoms with Gasteiger partial charge in [-0.25, -0.2) is 9.97 Å². The zero-order valence-electron chi connectivity index (χ0n) is 14.9. The third kappa shape index (κ3) is 4.64. The van der Waals surface area contributed by atoms with Gasteiger partial charge in [-0.1, -0.05) is 42.5 Å². The van der Waals surface area contributed by atoms with E-state index in [0.717, 1.165) is 11.6 Å². The fraction of sp³-hybridized carbons (Fsp3) is 0.150. The molecule has 0 spiro atoms. The number of nitrogens with zero attached hydrogens (tertiary/aromatic N) is 3. The van der Waals surface area contributed by atoms with Crippen LogP contribution in [0.4, 0.5) is 24.7 Å². The van der Waals surface area contributed by atoms with Gasteiger partial charge in [0.15, 0.2) is 0 Å². The van der Waals surface area contributed by atoms with Gasteiger partial charge in [-0.3, -0.25) is 4.79 Å². The summed E-state index contributed by atoms with van der Waals surface area (Å²) in [6.07, 6.45) is -1.92. The molecular formula is C20H17F3N4O. The Labute approximate surface area is 159 Å². The van der Waals surface area contributed by atoms with Gasteiger partial charge < -0.3 is 10.2 Å². The maximum Gasteiger partial charge on any atom is 0.418 e. The average molecular weight is 386 g/mol. The summed E-state index contributed by atoms with van der Waals surface area (Å²) in [6.45, 7) is 0.597. The van der Waals surface area contributed by atoms with E-state index < -0.39 is 17.6 Å². The Hall–Kier alpha value is -3.42. The monoisotopic (exact) mass is 386 g/mol. The van der Waals surface area contributed by atoms with Crippen molar-refractivity contribution in [2.45, 2.75) is 12.7 Å². The molecule has 0 atom stereocenters. The molecule has 0 radical (unpaired) electrons. The summed E-state index contributed by atoms with van der Waals surface area (Å²) in [5.41, 5.74) is -0.242. The number of hydrogen-bond acceptors (Lipinski definition) is 4. The van der Waals surface area contributed by atoms with Crippen LogP contribution < -0.4 is 10.2 Å². The number of hydrogen-bond donors (Lipinski definition) is 1. The van der Waals surface area contributed by atoms with E-state index in [0.29, 0.717) is 12.4 Å². The molecule has 1 heterocycles. The zero-order valence-corrected chi connectivity index (χ0v) is 14.9. The van der Waals surface area contributed by atoms with Crippen LogP contribution in [0.5, 0.6) is 0 Å². The summed E-state index contributed by atoms with van der Waals surface area (Å²) < 4.78 is 39.1. The molecule has 5 nitrogen and oxygen atoms in total. The van der Waals surface area contributed by atoms with E-state index in [9.17, 15) is 18.0 Å². The molecule has 0 aliphatic heterocycles. The van der Waals surface area contributed by atoms with Gasteiger partial charge in [0, 0.05) is 13.6 Å². The maximum absolute atomic E-state index is 13.0. The molecular weight excluding hydrogens is 369 g/mol. The number of carbonyl (C=O) groups is 1. The number of carbonyl (C=O) groups excluding carboxylic acids is 1. The smallest absolute Gasteiger partial charge is 0.354 e. The Bertz CT molecular complexity index is 944. The lowest BCUT2D eigenvalue weighted by Crippen LogP contribution is -2.20. The van der Waals surface area contributed by atoms with Gasteiger partial charge in [0.1, 0.15) is 11.5 Å². The lowest BCUT2D eigenvalue weighted by atomic mass is 10.1. The van der Waals surface area contributed by atoms with Crippen molar-refractivity contribution in [1.29, 1.82) is 0 Å². The molecule has 2 aromatic carbocycles. The van der Waals surface area contributed by atoms with Crippen molar-refractivity contribution in [1.82, 2.24) is 9.97 Å². The molecule has 0 saturated carbocycles. The van der Waals surface area contributed by atoms with Crippen LogP contribution in [-0.2, 0) is 12.7 Å². The Kier molecular flexibility index (Phi) is 5.58. The maximum atomic E-state index is 13.0. The summed E-state index contributed by atoms with van der Waals surface area (Å²) in [6, 6.07) is 14.5. The predicted octanol–water partition coefficient (Wildman–Crippen LogP) is 4.38. The molecule has 1 N–H and O–H groups in total. The molecule has 0 fully saturated rings. The normalized spacial score (nSPS) is 11.1. The molecule has 28 heavy (non-hydrogen) atoms.